The van der Waals surface area contributed by atoms with E-state index >= 15 is 0 Å². The van der Waals surface area contributed by atoms with Gasteiger partial charge in [0.15, 0.2) is 0 Å². The van der Waals surface area contributed by atoms with E-state index in [1.54, 1.807) is 6.92 Å². The van der Waals surface area contributed by atoms with E-state index in [0.717, 1.165) is 5.56 Å². The lowest BCUT2D eigenvalue weighted by molar-refractivity contribution is 0.533. The molecular formula is C10H10N2O. The second kappa shape index (κ2) is 3.01. The Morgan fingerprint density at radius 1 is 1.00 bits per heavy atom. The van der Waals surface area contributed by atoms with Crippen LogP contribution in [0.25, 0.3) is 11.5 Å². The zero-order valence-electron chi connectivity index (χ0n) is 7.61. The molecule has 0 saturated carbocycles. The summed E-state index contributed by atoms with van der Waals surface area (Å²) in [5.74, 6) is 1.17. The van der Waals surface area contributed by atoms with Crippen LogP contribution in [-0.4, -0.2) is 10.2 Å². The highest BCUT2D eigenvalue weighted by molar-refractivity contribution is 5.52. The topological polar surface area (TPSA) is 38.9 Å². The molecule has 1 aromatic carbocycles. The van der Waals surface area contributed by atoms with E-state index in [2.05, 4.69) is 10.2 Å². The van der Waals surface area contributed by atoms with Crippen LogP contribution in [0.15, 0.2) is 28.7 Å². The summed E-state index contributed by atoms with van der Waals surface area (Å²) < 4.78 is 5.29. The predicted molar refractivity (Wildman–Crippen MR) is 49.2 cm³/mol. The van der Waals surface area contributed by atoms with Crippen molar-refractivity contribution in [2.24, 2.45) is 0 Å². The van der Waals surface area contributed by atoms with Gasteiger partial charge in [-0.25, -0.2) is 0 Å². The fourth-order valence-electron chi connectivity index (χ4n) is 1.11. The van der Waals surface area contributed by atoms with Gasteiger partial charge in [0, 0.05) is 12.5 Å². The highest BCUT2D eigenvalue weighted by Crippen LogP contribution is 2.17. The maximum atomic E-state index is 5.29. The molecule has 0 spiro atoms. The molecule has 66 valence electrons. The molecule has 0 N–H and O–H groups in total. The van der Waals surface area contributed by atoms with Gasteiger partial charge in [-0.3, -0.25) is 0 Å². The molecule has 2 aromatic rings. The average Bonchev–Trinajstić information content (AvgIpc) is 2.53. The number of benzene rings is 1. The van der Waals surface area contributed by atoms with Gasteiger partial charge < -0.3 is 4.42 Å². The maximum Gasteiger partial charge on any atom is 0.247 e. The minimum atomic E-state index is 0.581. The molecule has 0 fully saturated rings. The van der Waals surface area contributed by atoms with Gasteiger partial charge in [0.2, 0.25) is 11.8 Å². The Morgan fingerprint density at radius 3 is 2.23 bits per heavy atom. The molecule has 2 rings (SSSR count). The summed E-state index contributed by atoms with van der Waals surface area (Å²) in [5, 5.41) is 7.70. The number of rotatable bonds is 1. The van der Waals surface area contributed by atoms with Crippen LogP contribution in [0.5, 0.6) is 0 Å². The zero-order valence-corrected chi connectivity index (χ0v) is 7.61. The van der Waals surface area contributed by atoms with Crippen LogP contribution in [0.4, 0.5) is 0 Å². The van der Waals surface area contributed by atoms with E-state index in [-0.39, 0.29) is 0 Å². The van der Waals surface area contributed by atoms with E-state index in [4.69, 9.17) is 4.42 Å². The molecule has 0 radical (unpaired) electrons. The first-order chi connectivity index (χ1) is 6.25. The van der Waals surface area contributed by atoms with Gasteiger partial charge in [-0.1, -0.05) is 17.7 Å². The van der Waals surface area contributed by atoms with Gasteiger partial charge in [-0.05, 0) is 19.1 Å². The number of aryl methyl sites for hydroxylation is 2. The first kappa shape index (κ1) is 7.98. The smallest absolute Gasteiger partial charge is 0.247 e. The Kier molecular flexibility index (Phi) is 1.85. The summed E-state index contributed by atoms with van der Waals surface area (Å²) >= 11 is 0. The van der Waals surface area contributed by atoms with Crippen LogP contribution in [0.1, 0.15) is 11.5 Å². The standard InChI is InChI=1S/C10H10N2O/c1-7-3-5-9(6-4-7)10-12-11-8(2)13-10/h3-6H,1-2H3. The van der Waals surface area contributed by atoms with Crippen LogP contribution >= 0.6 is 0 Å². The van der Waals surface area contributed by atoms with Gasteiger partial charge >= 0.3 is 0 Å². The molecule has 0 atom stereocenters. The minimum Gasteiger partial charge on any atom is -0.421 e. The van der Waals surface area contributed by atoms with Gasteiger partial charge in [0.25, 0.3) is 0 Å². The Bertz CT molecular complexity index is 403. The number of hydrogen-bond acceptors (Lipinski definition) is 3. The highest BCUT2D eigenvalue weighted by Gasteiger charge is 2.03. The summed E-state index contributed by atoms with van der Waals surface area (Å²) in [5.41, 5.74) is 2.19. The van der Waals surface area contributed by atoms with E-state index in [0.29, 0.717) is 11.8 Å². The second-order valence-electron chi connectivity index (χ2n) is 2.99. The molecule has 0 aliphatic rings. The van der Waals surface area contributed by atoms with Crippen molar-refractivity contribution in [1.29, 1.82) is 0 Å². The first-order valence-electron chi connectivity index (χ1n) is 4.13. The quantitative estimate of drug-likeness (QED) is 0.666. The Labute approximate surface area is 76.4 Å². The van der Waals surface area contributed by atoms with Crippen molar-refractivity contribution in [3.63, 3.8) is 0 Å². The normalized spacial score (nSPS) is 10.3. The van der Waals surface area contributed by atoms with Crippen molar-refractivity contribution in [3.05, 3.63) is 35.7 Å². The van der Waals surface area contributed by atoms with Crippen molar-refractivity contribution < 1.29 is 4.42 Å². The first-order valence-corrected chi connectivity index (χ1v) is 4.13. The Hall–Kier alpha value is -1.64. The SMILES string of the molecule is Cc1ccc(-c2nnc(C)o2)cc1. The van der Waals surface area contributed by atoms with Crippen molar-refractivity contribution >= 4 is 0 Å². The van der Waals surface area contributed by atoms with Gasteiger partial charge in [-0.15, -0.1) is 10.2 Å². The minimum absolute atomic E-state index is 0.581. The zero-order chi connectivity index (χ0) is 9.26. The molecule has 1 aromatic heterocycles. The van der Waals surface area contributed by atoms with Crippen LogP contribution < -0.4 is 0 Å². The predicted octanol–water partition coefficient (Wildman–Crippen LogP) is 2.35. The molecule has 3 heteroatoms. The largest absolute Gasteiger partial charge is 0.421 e. The summed E-state index contributed by atoms with van der Waals surface area (Å²) in [6.07, 6.45) is 0. The lowest BCUT2D eigenvalue weighted by Gasteiger charge is -1.94. The molecule has 0 unspecified atom stereocenters. The molecule has 1 heterocycles. The third-order valence-electron chi connectivity index (χ3n) is 1.82. The third kappa shape index (κ3) is 1.59. The molecule has 0 bridgehead atoms. The molecule has 0 aliphatic carbocycles. The molecule has 0 amide bonds. The monoisotopic (exact) mass is 174 g/mol. The van der Waals surface area contributed by atoms with Crippen LogP contribution in [0.3, 0.4) is 0 Å². The summed E-state index contributed by atoms with van der Waals surface area (Å²) in [7, 11) is 0. The van der Waals surface area contributed by atoms with Gasteiger partial charge in [0.1, 0.15) is 0 Å². The van der Waals surface area contributed by atoms with E-state index in [9.17, 15) is 0 Å². The number of hydrogen-bond donors (Lipinski definition) is 0. The van der Waals surface area contributed by atoms with E-state index < -0.39 is 0 Å². The van der Waals surface area contributed by atoms with Crippen molar-refractivity contribution in [2.75, 3.05) is 0 Å². The summed E-state index contributed by atoms with van der Waals surface area (Å²) in [6.45, 7) is 3.83. The number of aromatic nitrogens is 2. The maximum absolute atomic E-state index is 5.29. The molecular weight excluding hydrogens is 164 g/mol. The van der Waals surface area contributed by atoms with Crippen molar-refractivity contribution in [2.45, 2.75) is 13.8 Å². The van der Waals surface area contributed by atoms with Crippen LogP contribution in [0.2, 0.25) is 0 Å². The summed E-state index contributed by atoms with van der Waals surface area (Å²) in [6, 6.07) is 7.99. The van der Waals surface area contributed by atoms with Crippen molar-refractivity contribution in [1.82, 2.24) is 10.2 Å². The van der Waals surface area contributed by atoms with Gasteiger partial charge in [0.05, 0.1) is 0 Å². The fourth-order valence-corrected chi connectivity index (χ4v) is 1.11. The molecule has 3 nitrogen and oxygen atoms in total. The Morgan fingerprint density at radius 2 is 1.69 bits per heavy atom. The lowest BCUT2D eigenvalue weighted by Crippen LogP contribution is -1.77. The van der Waals surface area contributed by atoms with Crippen molar-refractivity contribution in [3.8, 4) is 11.5 Å². The Balaban J connectivity index is 2.41. The molecule has 0 saturated heterocycles. The fraction of sp³-hybridized carbons (Fsp3) is 0.200. The molecule has 0 aliphatic heterocycles. The summed E-state index contributed by atoms with van der Waals surface area (Å²) in [4.78, 5) is 0. The average molecular weight is 174 g/mol. The lowest BCUT2D eigenvalue weighted by atomic mass is 10.1. The second-order valence-corrected chi connectivity index (χ2v) is 2.99. The van der Waals surface area contributed by atoms with E-state index in [1.807, 2.05) is 31.2 Å². The van der Waals surface area contributed by atoms with E-state index in [1.165, 1.54) is 5.56 Å². The van der Waals surface area contributed by atoms with Crippen LogP contribution in [-0.2, 0) is 0 Å². The third-order valence-corrected chi connectivity index (χ3v) is 1.82. The molecule has 13 heavy (non-hydrogen) atoms. The highest BCUT2D eigenvalue weighted by atomic mass is 16.4. The number of nitrogens with zero attached hydrogens (tertiary/aromatic N) is 2. The van der Waals surface area contributed by atoms with Gasteiger partial charge in [-0.2, -0.15) is 0 Å². The van der Waals surface area contributed by atoms with Crippen LogP contribution in [0, 0.1) is 13.8 Å².